The van der Waals surface area contributed by atoms with Gasteiger partial charge in [0.25, 0.3) is 0 Å². The largest absolute Gasteiger partial charge is 0.476 e. The molecule has 18 heavy (non-hydrogen) atoms. The summed E-state index contributed by atoms with van der Waals surface area (Å²) in [6, 6.07) is -0.0367. The molecule has 0 fully saturated rings. The van der Waals surface area contributed by atoms with E-state index in [0.717, 1.165) is 0 Å². The quantitative estimate of drug-likeness (QED) is 0.756. The number of nitrogens with zero attached hydrogens (tertiary/aromatic N) is 3. The molecule has 0 radical (unpaired) electrons. The molecule has 0 aliphatic heterocycles. The molecule has 1 heterocycles. The lowest BCUT2D eigenvalue weighted by molar-refractivity contribution is 0.0673. The molecule has 1 aromatic rings. The lowest BCUT2D eigenvalue weighted by atomic mass is 10.1. The molecule has 2 unspecified atom stereocenters. The maximum atomic E-state index is 11.1. The van der Waals surface area contributed by atoms with Crippen LogP contribution >= 0.6 is 0 Å². The van der Waals surface area contributed by atoms with Crippen LogP contribution < -0.4 is 0 Å². The predicted molar refractivity (Wildman–Crippen MR) is 63.4 cm³/mol. The van der Waals surface area contributed by atoms with Crippen molar-refractivity contribution in [3.8, 4) is 0 Å². The van der Waals surface area contributed by atoms with Crippen molar-refractivity contribution >= 4 is 5.97 Å². The number of aromatic nitrogens is 3. The van der Waals surface area contributed by atoms with Crippen LogP contribution in [0, 0.1) is 0 Å². The number of carboxylic acid groups (broad SMARTS) is 1. The highest BCUT2D eigenvalue weighted by atomic mass is 16.5. The normalized spacial score (nSPS) is 14.4. The van der Waals surface area contributed by atoms with Crippen LogP contribution in [0.4, 0.5) is 0 Å². The van der Waals surface area contributed by atoms with Crippen molar-refractivity contribution in [2.45, 2.75) is 38.8 Å². The van der Waals surface area contributed by atoms with Gasteiger partial charge in [-0.1, -0.05) is 5.21 Å². The number of hydrogen-bond donors (Lipinski definition) is 2. The van der Waals surface area contributed by atoms with Gasteiger partial charge in [-0.25, -0.2) is 9.48 Å². The van der Waals surface area contributed by atoms with E-state index in [4.69, 9.17) is 14.9 Å². The Labute approximate surface area is 105 Å². The molecule has 0 aliphatic rings. The number of ether oxygens (including phenoxy) is 1. The summed E-state index contributed by atoms with van der Waals surface area (Å²) in [5, 5.41) is 25.5. The summed E-state index contributed by atoms with van der Waals surface area (Å²) in [4.78, 5) is 11.1. The first-order valence-corrected chi connectivity index (χ1v) is 5.84. The molecule has 0 amide bonds. The molecule has 0 spiro atoms. The van der Waals surface area contributed by atoms with Gasteiger partial charge in [0.05, 0.1) is 12.1 Å². The fourth-order valence-electron chi connectivity index (χ4n) is 1.78. The summed E-state index contributed by atoms with van der Waals surface area (Å²) < 4.78 is 6.73. The minimum absolute atomic E-state index is 0.0367. The highest BCUT2D eigenvalue weighted by Gasteiger charge is 2.25. The lowest BCUT2D eigenvalue weighted by Crippen LogP contribution is -2.16. The summed E-state index contributed by atoms with van der Waals surface area (Å²) in [6.07, 6.45) is 0.926. The topological polar surface area (TPSA) is 97.5 Å². The second-order valence-electron chi connectivity index (χ2n) is 4.17. The van der Waals surface area contributed by atoms with Gasteiger partial charge < -0.3 is 14.9 Å². The van der Waals surface area contributed by atoms with Gasteiger partial charge in [0, 0.05) is 13.7 Å². The molecule has 1 rings (SSSR count). The highest BCUT2D eigenvalue weighted by molar-refractivity contribution is 5.86. The van der Waals surface area contributed by atoms with Gasteiger partial charge in [-0.2, -0.15) is 0 Å². The minimum atomic E-state index is -1.12. The molecule has 0 bridgehead atoms. The van der Waals surface area contributed by atoms with E-state index in [2.05, 4.69) is 10.3 Å². The summed E-state index contributed by atoms with van der Waals surface area (Å²) in [7, 11) is 1.51. The summed E-state index contributed by atoms with van der Waals surface area (Å²) in [5.41, 5.74) is 0.371. The average Bonchev–Trinajstić information content (AvgIpc) is 2.79. The number of aliphatic hydroxyl groups is 1. The predicted octanol–water partition coefficient (Wildman–Crippen LogP) is 1.02. The Morgan fingerprint density at radius 2 is 2.17 bits per heavy atom. The molecule has 7 nitrogen and oxygen atoms in total. The van der Waals surface area contributed by atoms with Gasteiger partial charge >= 0.3 is 5.97 Å². The van der Waals surface area contributed by atoms with E-state index in [0.29, 0.717) is 18.5 Å². The van der Waals surface area contributed by atoms with Crippen LogP contribution in [0.25, 0.3) is 0 Å². The van der Waals surface area contributed by atoms with Crippen LogP contribution in [0.2, 0.25) is 0 Å². The Kier molecular flexibility index (Phi) is 5.24. The summed E-state index contributed by atoms with van der Waals surface area (Å²) in [5.74, 6) is -1.12. The molecule has 7 heteroatoms. The van der Waals surface area contributed by atoms with Crippen LogP contribution in [0.15, 0.2) is 0 Å². The van der Waals surface area contributed by atoms with Crippen LogP contribution in [0.5, 0.6) is 0 Å². The standard InChI is InChI=1S/C11H19N3O4/c1-7(5-4-6-15)14-10(8(2)18-3)9(11(16)17)12-13-14/h7-8,15H,4-6H2,1-3H3,(H,16,17). The highest BCUT2D eigenvalue weighted by Crippen LogP contribution is 2.24. The smallest absolute Gasteiger partial charge is 0.358 e. The van der Waals surface area contributed by atoms with E-state index in [1.807, 2.05) is 6.92 Å². The molecule has 2 atom stereocenters. The van der Waals surface area contributed by atoms with Crippen LogP contribution in [-0.2, 0) is 4.74 Å². The van der Waals surface area contributed by atoms with Gasteiger partial charge in [-0.05, 0) is 26.7 Å². The number of carboxylic acids is 1. The SMILES string of the molecule is COC(C)c1c(C(=O)O)nnn1C(C)CCCO. The second-order valence-corrected chi connectivity index (χ2v) is 4.17. The van der Waals surface area contributed by atoms with Gasteiger partial charge in [0.2, 0.25) is 0 Å². The molecule has 0 aromatic carbocycles. The van der Waals surface area contributed by atoms with Gasteiger partial charge in [-0.3, -0.25) is 0 Å². The molecule has 1 aromatic heterocycles. The first-order chi connectivity index (χ1) is 8.52. The summed E-state index contributed by atoms with van der Waals surface area (Å²) >= 11 is 0. The third kappa shape index (κ3) is 3.05. The second kappa shape index (κ2) is 6.46. The van der Waals surface area contributed by atoms with E-state index in [1.165, 1.54) is 7.11 Å². The molecule has 0 saturated heterocycles. The monoisotopic (exact) mass is 257 g/mol. The molecule has 2 N–H and O–H groups in total. The van der Waals surface area contributed by atoms with Crippen molar-refractivity contribution in [2.75, 3.05) is 13.7 Å². The average molecular weight is 257 g/mol. The minimum Gasteiger partial charge on any atom is -0.476 e. The van der Waals surface area contributed by atoms with Gasteiger partial charge in [0.15, 0.2) is 5.69 Å². The first-order valence-electron chi connectivity index (χ1n) is 5.84. The summed E-state index contributed by atoms with van der Waals surface area (Å²) in [6.45, 7) is 3.75. The van der Waals surface area contributed by atoms with Crippen molar-refractivity contribution in [1.82, 2.24) is 15.0 Å². The Bertz CT molecular complexity index is 405. The zero-order chi connectivity index (χ0) is 13.7. The molecular weight excluding hydrogens is 238 g/mol. The zero-order valence-electron chi connectivity index (χ0n) is 10.8. The van der Waals surface area contributed by atoms with Crippen LogP contribution in [-0.4, -0.2) is 44.9 Å². The molecule has 102 valence electrons. The maximum absolute atomic E-state index is 11.1. The van der Waals surface area contributed by atoms with Crippen molar-refractivity contribution in [3.63, 3.8) is 0 Å². The van der Waals surface area contributed by atoms with Gasteiger partial charge in [-0.15, -0.1) is 5.10 Å². The third-order valence-corrected chi connectivity index (χ3v) is 2.87. The number of rotatable bonds is 7. The van der Waals surface area contributed by atoms with E-state index in [9.17, 15) is 4.79 Å². The number of hydrogen-bond acceptors (Lipinski definition) is 5. The fraction of sp³-hybridized carbons (Fsp3) is 0.727. The Morgan fingerprint density at radius 3 is 2.67 bits per heavy atom. The third-order valence-electron chi connectivity index (χ3n) is 2.87. The number of methoxy groups -OCH3 is 1. The Morgan fingerprint density at radius 1 is 1.50 bits per heavy atom. The van der Waals surface area contributed by atoms with Crippen molar-refractivity contribution in [1.29, 1.82) is 0 Å². The number of aromatic carboxylic acids is 1. The van der Waals surface area contributed by atoms with Crippen LogP contribution in [0.3, 0.4) is 0 Å². The Hall–Kier alpha value is -1.47. The lowest BCUT2D eigenvalue weighted by Gasteiger charge is -2.17. The van der Waals surface area contributed by atoms with Crippen molar-refractivity contribution in [2.24, 2.45) is 0 Å². The van der Waals surface area contributed by atoms with Crippen molar-refractivity contribution in [3.05, 3.63) is 11.4 Å². The Balaban J connectivity index is 3.07. The molecular formula is C11H19N3O4. The fourth-order valence-corrected chi connectivity index (χ4v) is 1.78. The number of aliphatic hydroxyl groups excluding tert-OH is 1. The van der Waals surface area contributed by atoms with E-state index in [-0.39, 0.29) is 18.3 Å². The molecule has 0 aliphatic carbocycles. The number of carbonyl (C=O) groups is 1. The van der Waals surface area contributed by atoms with Crippen LogP contribution in [0.1, 0.15) is 55.0 Å². The van der Waals surface area contributed by atoms with E-state index < -0.39 is 12.1 Å². The van der Waals surface area contributed by atoms with E-state index >= 15 is 0 Å². The maximum Gasteiger partial charge on any atom is 0.358 e. The van der Waals surface area contributed by atoms with Crippen molar-refractivity contribution < 1.29 is 19.7 Å². The first kappa shape index (κ1) is 14.6. The van der Waals surface area contributed by atoms with E-state index in [1.54, 1.807) is 11.6 Å². The van der Waals surface area contributed by atoms with Gasteiger partial charge in [0.1, 0.15) is 5.69 Å². The molecule has 0 saturated carbocycles. The zero-order valence-corrected chi connectivity index (χ0v) is 10.8.